The zero-order valence-corrected chi connectivity index (χ0v) is 10.9. The normalized spacial score (nSPS) is 16.2. The summed E-state index contributed by atoms with van der Waals surface area (Å²) in [7, 11) is 4.84. The molecule has 0 aliphatic heterocycles. The first kappa shape index (κ1) is 14.0. The van der Waals surface area contributed by atoms with Crippen LogP contribution in [0.1, 0.15) is 25.7 Å². The van der Waals surface area contributed by atoms with Gasteiger partial charge in [-0.25, -0.2) is 0 Å². The Hall–Kier alpha value is -1.10. The van der Waals surface area contributed by atoms with E-state index in [2.05, 4.69) is 4.74 Å². The van der Waals surface area contributed by atoms with Gasteiger partial charge in [0.15, 0.2) is 0 Å². The monoisotopic (exact) mass is 242 g/mol. The van der Waals surface area contributed by atoms with Crippen LogP contribution < -0.4 is 0 Å². The highest BCUT2D eigenvalue weighted by Crippen LogP contribution is 2.23. The number of rotatable bonds is 5. The van der Waals surface area contributed by atoms with Gasteiger partial charge in [0, 0.05) is 20.1 Å². The minimum atomic E-state index is -0.275. The van der Waals surface area contributed by atoms with E-state index in [-0.39, 0.29) is 18.4 Å². The van der Waals surface area contributed by atoms with Crippen LogP contribution >= 0.6 is 0 Å². The lowest BCUT2D eigenvalue weighted by Crippen LogP contribution is -2.44. The highest BCUT2D eigenvalue weighted by molar-refractivity contribution is 5.79. The molecule has 5 nitrogen and oxygen atoms in total. The number of esters is 1. The molecule has 5 heteroatoms. The number of carbonyl (C=O) groups excluding carboxylic acids is 2. The summed E-state index contributed by atoms with van der Waals surface area (Å²) < 4.78 is 4.68. The Morgan fingerprint density at radius 3 is 2.24 bits per heavy atom. The largest absolute Gasteiger partial charge is 0.468 e. The van der Waals surface area contributed by atoms with Crippen LogP contribution in [0.2, 0.25) is 0 Å². The van der Waals surface area contributed by atoms with E-state index < -0.39 is 0 Å². The lowest BCUT2D eigenvalue weighted by atomic mass is 10.2. The average Bonchev–Trinajstić information content (AvgIpc) is 2.80. The van der Waals surface area contributed by atoms with Crippen LogP contribution in [-0.2, 0) is 14.3 Å². The summed E-state index contributed by atoms with van der Waals surface area (Å²) in [6.45, 7) is 0.507. The number of hydrogen-bond donors (Lipinski definition) is 0. The van der Waals surface area contributed by atoms with E-state index in [0.29, 0.717) is 12.6 Å². The second-order valence-electron chi connectivity index (χ2n) is 4.71. The van der Waals surface area contributed by atoms with Gasteiger partial charge in [-0.1, -0.05) is 12.8 Å². The minimum Gasteiger partial charge on any atom is -0.468 e. The molecule has 1 fully saturated rings. The highest BCUT2D eigenvalue weighted by atomic mass is 16.5. The third kappa shape index (κ3) is 4.34. The van der Waals surface area contributed by atoms with Crippen molar-refractivity contribution in [3.8, 4) is 0 Å². The van der Waals surface area contributed by atoms with Crippen LogP contribution in [0.3, 0.4) is 0 Å². The molecule has 0 heterocycles. The summed E-state index contributed by atoms with van der Waals surface area (Å²) in [6.07, 6.45) is 4.49. The molecular weight excluding hydrogens is 220 g/mol. The van der Waals surface area contributed by atoms with Crippen molar-refractivity contribution in [3.63, 3.8) is 0 Å². The van der Waals surface area contributed by atoms with Gasteiger partial charge in [0.05, 0.1) is 20.2 Å². The molecule has 0 aromatic carbocycles. The first-order chi connectivity index (χ1) is 8.04. The Balaban J connectivity index is 2.57. The maximum absolute atomic E-state index is 11.7. The maximum atomic E-state index is 11.7. The smallest absolute Gasteiger partial charge is 0.319 e. The SMILES string of the molecule is COC(=O)CN(CC(=O)N(C)C)C1CCCC1. The fraction of sp³-hybridized carbons (Fsp3) is 0.833. The molecule has 0 N–H and O–H groups in total. The Morgan fingerprint density at radius 2 is 1.76 bits per heavy atom. The van der Waals surface area contributed by atoms with E-state index >= 15 is 0 Å². The summed E-state index contributed by atoms with van der Waals surface area (Å²) in [5.74, 6) is -0.246. The molecule has 0 bridgehead atoms. The summed E-state index contributed by atoms with van der Waals surface area (Å²) >= 11 is 0. The van der Waals surface area contributed by atoms with Crippen LogP contribution in [0, 0.1) is 0 Å². The van der Waals surface area contributed by atoms with Gasteiger partial charge in [-0.3, -0.25) is 14.5 Å². The molecule has 0 atom stereocenters. The van der Waals surface area contributed by atoms with Gasteiger partial charge in [0.25, 0.3) is 0 Å². The van der Waals surface area contributed by atoms with Crippen molar-refractivity contribution in [2.24, 2.45) is 0 Å². The van der Waals surface area contributed by atoms with Gasteiger partial charge in [-0.05, 0) is 12.8 Å². The molecule has 1 aliphatic carbocycles. The highest BCUT2D eigenvalue weighted by Gasteiger charge is 2.26. The second kappa shape index (κ2) is 6.59. The van der Waals surface area contributed by atoms with Crippen LogP contribution in [0.4, 0.5) is 0 Å². The number of ether oxygens (including phenoxy) is 1. The van der Waals surface area contributed by atoms with Gasteiger partial charge in [-0.2, -0.15) is 0 Å². The molecule has 0 aromatic rings. The number of amides is 1. The molecule has 1 aliphatic rings. The van der Waals surface area contributed by atoms with Crippen LogP contribution in [-0.4, -0.2) is 62.0 Å². The summed E-state index contributed by atoms with van der Waals surface area (Å²) in [5, 5.41) is 0. The predicted molar refractivity (Wildman–Crippen MR) is 64.5 cm³/mol. The molecule has 1 rings (SSSR count). The summed E-state index contributed by atoms with van der Waals surface area (Å²) in [5.41, 5.74) is 0. The lowest BCUT2D eigenvalue weighted by molar-refractivity contribution is -0.143. The molecule has 0 aromatic heterocycles. The van der Waals surface area contributed by atoms with Crippen LogP contribution in [0.15, 0.2) is 0 Å². The van der Waals surface area contributed by atoms with Gasteiger partial charge in [0.1, 0.15) is 0 Å². The molecule has 0 saturated heterocycles. The Morgan fingerprint density at radius 1 is 1.18 bits per heavy atom. The van der Waals surface area contributed by atoms with Crippen molar-refractivity contribution in [1.29, 1.82) is 0 Å². The predicted octanol–water partition coefficient (Wildman–Crippen LogP) is 0.492. The van der Waals surface area contributed by atoms with Gasteiger partial charge in [0.2, 0.25) is 5.91 Å². The van der Waals surface area contributed by atoms with Crippen molar-refractivity contribution >= 4 is 11.9 Å². The van der Waals surface area contributed by atoms with Gasteiger partial charge < -0.3 is 9.64 Å². The minimum absolute atomic E-state index is 0.0285. The fourth-order valence-corrected chi connectivity index (χ4v) is 2.13. The quantitative estimate of drug-likeness (QED) is 0.658. The molecule has 1 saturated carbocycles. The number of hydrogen-bond acceptors (Lipinski definition) is 4. The first-order valence-corrected chi connectivity index (χ1v) is 6.05. The zero-order chi connectivity index (χ0) is 12.8. The standard InChI is InChI=1S/C12H22N2O3/c1-13(2)11(15)8-14(9-12(16)17-3)10-6-4-5-7-10/h10H,4-9H2,1-3H3. The number of likely N-dealkylation sites (N-methyl/N-ethyl adjacent to an activating group) is 1. The van der Waals surface area contributed by atoms with Crippen molar-refractivity contribution in [2.75, 3.05) is 34.3 Å². The molecule has 1 amide bonds. The molecule has 0 radical (unpaired) electrons. The third-order valence-electron chi connectivity index (χ3n) is 3.24. The van der Waals surface area contributed by atoms with Crippen molar-refractivity contribution in [3.05, 3.63) is 0 Å². The topological polar surface area (TPSA) is 49.9 Å². The van der Waals surface area contributed by atoms with E-state index in [1.165, 1.54) is 20.0 Å². The van der Waals surface area contributed by atoms with E-state index in [1.54, 1.807) is 19.0 Å². The Bertz CT molecular complexity index is 273. The van der Waals surface area contributed by atoms with Crippen LogP contribution in [0.25, 0.3) is 0 Å². The second-order valence-corrected chi connectivity index (χ2v) is 4.71. The Kier molecular flexibility index (Phi) is 5.41. The first-order valence-electron chi connectivity index (χ1n) is 6.05. The molecule has 98 valence electrons. The lowest BCUT2D eigenvalue weighted by Gasteiger charge is -2.28. The third-order valence-corrected chi connectivity index (χ3v) is 3.24. The molecule has 0 spiro atoms. The van der Waals surface area contributed by atoms with Crippen molar-refractivity contribution in [2.45, 2.75) is 31.7 Å². The van der Waals surface area contributed by atoms with Crippen LogP contribution in [0.5, 0.6) is 0 Å². The summed E-state index contributed by atoms with van der Waals surface area (Å²) in [4.78, 5) is 26.6. The Labute approximate surface area is 103 Å². The van der Waals surface area contributed by atoms with Gasteiger partial charge in [-0.15, -0.1) is 0 Å². The van der Waals surface area contributed by atoms with E-state index in [1.807, 2.05) is 4.90 Å². The van der Waals surface area contributed by atoms with E-state index in [9.17, 15) is 9.59 Å². The molecule has 0 unspecified atom stereocenters. The fourth-order valence-electron chi connectivity index (χ4n) is 2.13. The number of carbonyl (C=O) groups is 2. The van der Waals surface area contributed by atoms with E-state index in [4.69, 9.17) is 0 Å². The maximum Gasteiger partial charge on any atom is 0.319 e. The van der Waals surface area contributed by atoms with Crippen molar-refractivity contribution < 1.29 is 14.3 Å². The molecule has 17 heavy (non-hydrogen) atoms. The summed E-state index contributed by atoms with van der Waals surface area (Å²) in [6, 6.07) is 0.345. The number of nitrogens with zero attached hydrogens (tertiary/aromatic N) is 2. The zero-order valence-electron chi connectivity index (χ0n) is 10.9. The molecular formula is C12H22N2O3. The van der Waals surface area contributed by atoms with Gasteiger partial charge >= 0.3 is 5.97 Å². The van der Waals surface area contributed by atoms with Crippen molar-refractivity contribution in [1.82, 2.24) is 9.80 Å². The number of methoxy groups -OCH3 is 1. The van der Waals surface area contributed by atoms with E-state index in [0.717, 1.165) is 12.8 Å². The average molecular weight is 242 g/mol.